The number of nitrogens with zero attached hydrogens (tertiary/aromatic N) is 1. The lowest BCUT2D eigenvalue weighted by Crippen LogP contribution is -2.42. The number of sulfone groups is 1. The molecule has 1 aromatic rings. The third-order valence-corrected chi connectivity index (χ3v) is 7.19. The molecule has 0 bridgehead atoms. The molecule has 0 radical (unpaired) electrons. The van der Waals surface area contributed by atoms with Crippen LogP contribution < -0.4 is 9.47 Å². The van der Waals surface area contributed by atoms with Gasteiger partial charge in [-0.25, -0.2) is 8.42 Å². The van der Waals surface area contributed by atoms with Crippen LogP contribution in [0.4, 0.5) is 0 Å². The lowest BCUT2D eigenvalue weighted by Gasteiger charge is -2.31. The highest BCUT2D eigenvalue weighted by atomic mass is 32.2. The van der Waals surface area contributed by atoms with E-state index in [0.29, 0.717) is 18.7 Å². The number of amides is 1. The first-order valence-corrected chi connectivity index (χ1v) is 10.7. The number of carbonyl (C=O) groups excluding carboxylic acids is 1. The van der Waals surface area contributed by atoms with Crippen LogP contribution >= 0.6 is 0 Å². The molecule has 136 valence electrons. The fraction of sp³-hybridized carbons (Fsp3) is 0.611. The lowest BCUT2D eigenvalue weighted by molar-refractivity contribution is -0.137. The van der Waals surface area contributed by atoms with E-state index in [0.717, 1.165) is 37.0 Å². The molecule has 0 unspecified atom stereocenters. The second-order valence-corrected chi connectivity index (χ2v) is 9.42. The highest BCUT2D eigenvalue weighted by molar-refractivity contribution is 7.91. The summed E-state index contributed by atoms with van der Waals surface area (Å²) < 4.78 is 34.3. The van der Waals surface area contributed by atoms with Gasteiger partial charge in [-0.2, -0.15) is 0 Å². The summed E-state index contributed by atoms with van der Waals surface area (Å²) in [6.45, 7) is 0.723. The third kappa shape index (κ3) is 3.47. The van der Waals surface area contributed by atoms with Crippen molar-refractivity contribution in [3.05, 3.63) is 23.8 Å². The Hall–Kier alpha value is -1.76. The zero-order chi connectivity index (χ0) is 17.4. The summed E-state index contributed by atoms with van der Waals surface area (Å²) in [6, 6.07) is 5.95. The first-order valence-electron chi connectivity index (χ1n) is 8.91. The molecule has 4 rings (SSSR count). The standard InChI is InChI=1S/C18H23NO5S/c20-18(14-7-8-25(21,22)11-14)19(15-3-1-2-4-15)10-13-5-6-16-17(9-13)24-12-23-16/h5-6,9,14-15H,1-4,7-8,10-12H2/t14-/m0/s1. The maximum Gasteiger partial charge on any atom is 0.231 e. The molecular weight excluding hydrogens is 342 g/mol. The Morgan fingerprint density at radius 3 is 2.60 bits per heavy atom. The Morgan fingerprint density at radius 2 is 1.88 bits per heavy atom. The number of ether oxygens (including phenoxy) is 2. The summed E-state index contributed by atoms with van der Waals surface area (Å²) in [4.78, 5) is 15.0. The van der Waals surface area contributed by atoms with Crippen molar-refractivity contribution < 1.29 is 22.7 Å². The lowest BCUT2D eigenvalue weighted by atomic mass is 10.0. The second kappa shape index (κ2) is 6.52. The van der Waals surface area contributed by atoms with E-state index in [1.54, 1.807) is 0 Å². The SMILES string of the molecule is O=C([C@H]1CCS(=O)(=O)C1)N(Cc1ccc2c(c1)OCO2)C1CCCC1. The molecular formula is C18H23NO5S. The van der Waals surface area contributed by atoms with Gasteiger partial charge in [0, 0.05) is 12.6 Å². The molecule has 1 aromatic carbocycles. The molecule has 2 heterocycles. The molecule has 1 aliphatic carbocycles. The quantitative estimate of drug-likeness (QED) is 0.817. The third-order valence-electron chi connectivity index (χ3n) is 5.42. The number of benzene rings is 1. The normalized spacial score (nSPS) is 24.6. The van der Waals surface area contributed by atoms with E-state index < -0.39 is 9.84 Å². The first-order chi connectivity index (χ1) is 12.0. The van der Waals surface area contributed by atoms with E-state index in [9.17, 15) is 13.2 Å². The average Bonchev–Trinajstić information content (AvgIpc) is 3.31. The van der Waals surface area contributed by atoms with Crippen molar-refractivity contribution in [1.82, 2.24) is 4.90 Å². The number of hydrogen-bond acceptors (Lipinski definition) is 5. The Bertz CT molecular complexity index is 770. The summed E-state index contributed by atoms with van der Waals surface area (Å²) in [5.74, 6) is 1.16. The van der Waals surface area contributed by atoms with Gasteiger partial charge in [-0.15, -0.1) is 0 Å². The molecule has 6 nitrogen and oxygen atoms in total. The summed E-state index contributed by atoms with van der Waals surface area (Å²) in [5.41, 5.74) is 0.991. The van der Waals surface area contributed by atoms with Crippen molar-refractivity contribution in [2.75, 3.05) is 18.3 Å². The fourth-order valence-corrected chi connectivity index (χ4v) is 5.80. The van der Waals surface area contributed by atoms with Gasteiger partial charge in [0.2, 0.25) is 12.7 Å². The number of rotatable bonds is 4. The van der Waals surface area contributed by atoms with Gasteiger partial charge in [0.15, 0.2) is 21.3 Å². The highest BCUT2D eigenvalue weighted by Crippen LogP contribution is 2.34. The zero-order valence-electron chi connectivity index (χ0n) is 14.1. The highest BCUT2D eigenvalue weighted by Gasteiger charge is 2.38. The van der Waals surface area contributed by atoms with Crippen molar-refractivity contribution in [1.29, 1.82) is 0 Å². The predicted octanol–water partition coefficient (Wildman–Crippen LogP) is 2.12. The molecule has 0 spiro atoms. The maximum atomic E-state index is 13.1. The Balaban J connectivity index is 1.55. The monoisotopic (exact) mass is 365 g/mol. The van der Waals surface area contributed by atoms with E-state index >= 15 is 0 Å². The van der Waals surface area contributed by atoms with Crippen LogP contribution in [0.1, 0.15) is 37.7 Å². The smallest absolute Gasteiger partial charge is 0.231 e. The molecule has 2 fully saturated rings. The van der Waals surface area contributed by atoms with Gasteiger partial charge in [-0.05, 0) is 37.0 Å². The number of hydrogen-bond donors (Lipinski definition) is 0. The number of fused-ring (bicyclic) bond motifs is 1. The van der Waals surface area contributed by atoms with Gasteiger partial charge in [-0.3, -0.25) is 4.79 Å². The molecule has 0 aromatic heterocycles. The molecule has 7 heteroatoms. The maximum absolute atomic E-state index is 13.1. The van der Waals surface area contributed by atoms with Gasteiger partial charge in [-0.1, -0.05) is 18.9 Å². The predicted molar refractivity (Wildman–Crippen MR) is 92.1 cm³/mol. The molecule has 1 saturated heterocycles. The van der Waals surface area contributed by atoms with E-state index in [1.807, 2.05) is 23.1 Å². The van der Waals surface area contributed by atoms with Crippen LogP contribution in [0.2, 0.25) is 0 Å². The molecule has 3 aliphatic rings. The molecule has 0 N–H and O–H groups in total. The summed E-state index contributed by atoms with van der Waals surface area (Å²) >= 11 is 0. The average molecular weight is 365 g/mol. The van der Waals surface area contributed by atoms with Crippen molar-refractivity contribution in [3.63, 3.8) is 0 Å². The molecule has 1 atom stereocenters. The van der Waals surface area contributed by atoms with Crippen LogP contribution in [-0.4, -0.2) is 43.6 Å². The largest absolute Gasteiger partial charge is 0.454 e. The van der Waals surface area contributed by atoms with E-state index in [2.05, 4.69) is 0 Å². The minimum atomic E-state index is -3.06. The van der Waals surface area contributed by atoms with Gasteiger partial charge in [0.05, 0.1) is 17.4 Å². The Kier molecular flexibility index (Phi) is 4.35. The Labute approximate surface area is 148 Å². The summed E-state index contributed by atoms with van der Waals surface area (Å²) in [6.07, 6.45) is 4.69. The summed E-state index contributed by atoms with van der Waals surface area (Å²) in [7, 11) is -3.06. The van der Waals surface area contributed by atoms with Crippen LogP contribution in [-0.2, 0) is 21.2 Å². The van der Waals surface area contributed by atoms with Crippen LogP contribution in [0.15, 0.2) is 18.2 Å². The van der Waals surface area contributed by atoms with Gasteiger partial charge >= 0.3 is 0 Å². The molecule has 25 heavy (non-hydrogen) atoms. The summed E-state index contributed by atoms with van der Waals surface area (Å²) in [5, 5.41) is 0. The minimum Gasteiger partial charge on any atom is -0.454 e. The first kappa shape index (κ1) is 16.7. The molecule has 1 amide bonds. The molecule has 1 saturated carbocycles. The van der Waals surface area contributed by atoms with E-state index in [4.69, 9.17) is 9.47 Å². The second-order valence-electron chi connectivity index (χ2n) is 7.19. The Morgan fingerprint density at radius 1 is 1.12 bits per heavy atom. The van der Waals surface area contributed by atoms with Crippen LogP contribution in [0.25, 0.3) is 0 Å². The topological polar surface area (TPSA) is 72.9 Å². The minimum absolute atomic E-state index is 0.00378. The van der Waals surface area contributed by atoms with Gasteiger partial charge < -0.3 is 14.4 Å². The van der Waals surface area contributed by atoms with Crippen LogP contribution in [0.5, 0.6) is 11.5 Å². The van der Waals surface area contributed by atoms with Crippen molar-refractivity contribution in [2.24, 2.45) is 5.92 Å². The van der Waals surface area contributed by atoms with Crippen LogP contribution in [0.3, 0.4) is 0 Å². The molecule has 2 aliphatic heterocycles. The van der Waals surface area contributed by atoms with Crippen molar-refractivity contribution in [2.45, 2.75) is 44.7 Å². The van der Waals surface area contributed by atoms with Crippen molar-refractivity contribution >= 4 is 15.7 Å². The fourth-order valence-electron chi connectivity index (χ4n) is 4.06. The zero-order valence-corrected chi connectivity index (χ0v) is 15.0. The van der Waals surface area contributed by atoms with E-state index in [1.165, 1.54) is 0 Å². The van der Waals surface area contributed by atoms with E-state index in [-0.39, 0.29) is 36.2 Å². The van der Waals surface area contributed by atoms with Gasteiger partial charge in [0.1, 0.15) is 0 Å². The van der Waals surface area contributed by atoms with Crippen LogP contribution in [0, 0.1) is 5.92 Å². The van der Waals surface area contributed by atoms with Crippen molar-refractivity contribution in [3.8, 4) is 11.5 Å². The number of carbonyl (C=O) groups is 1. The van der Waals surface area contributed by atoms with Gasteiger partial charge in [0.25, 0.3) is 0 Å².